The molecule has 1 aliphatic rings. The number of thioether (sulfide) groups is 1. The third-order valence-electron chi connectivity index (χ3n) is 4.96. The van der Waals surface area contributed by atoms with Crippen LogP contribution < -0.4 is 0 Å². The molecule has 0 N–H and O–H groups in total. The Morgan fingerprint density at radius 1 is 0.917 bits per heavy atom. The van der Waals surface area contributed by atoms with Crippen molar-refractivity contribution in [1.82, 2.24) is 0 Å². The van der Waals surface area contributed by atoms with E-state index in [1.54, 1.807) is 0 Å². The summed E-state index contributed by atoms with van der Waals surface area (Å²) in [6.07, 6.45) is 7.26. The summed E-state index contributed by atoms with van der Waals surface area (Å²) in [4.78, 5) is 12.7. The monoisotopic (exact) mass is 338 g/mol. The summed E-state index contributed by atoms with van der Waals surface area (Å²) in [5, 5.41) is 0.443. The topological polar surface area (TPSA) is 17.1 Å². The summed E-state index contributed by atoms with van der Waals surface area (Å²) in [7, 11) is 0. The van der Waals surface area contributed by atoms with Crippen LogP contribution >= 0.6 is 11.8 Å². The second-order valence-corrected chi connectivity index (χ2v) is 7.95. The Balaban J connectivity index is 1.66. The molecule has 0 heterocycles. The maximum atomic E-state index is 12.7. The Labute approximate surface area is 149 Å². The zero-order chi connectivity index (χ0) is 16.6. The molecule has 0 saturated heterocycles. The fourth-order valence-electron chi connectivity index (χ4n) is 3.57. The summed E-state index contributed by atoms with van der Waals surface area (Å²) in [6.45, 7) is 0. The zero-order valence-electron chi connectivity index (χ0n) is 14.2. The van der Waals surface area contributed by atoms with Gasteiger partial charge in [0.25, 0.3) is 0 Å². The van der Waals surface area contributed by atoms with E-state index in [9.17, 15) is 4.79 Å². The summed E-state index contributed by atoms with van der Waals surface area (Å²) in [5.41, 5.74) is 2.22. The van der Waals surface area contributed by atoms with Gasteiger partial charge >= 0.3 is 0 Å². The molecule has 0 bridgehead atoms. The molecule has 2 aromatic carbocycles. The molecule has 2 heteroatoms. The Kier molecular flexibility index (Phi) is 6.54. The van der Waals surface area contributed by atoms with Crippen molar-refractivity contribution in [3.05, 3.63) is 71.8 Å². The first-order valence-corrected chi connectivity index (χ1v) is 10.1. The number of ketones is 1. The van der Waals surface area contributed by atoms with Crippen molar-refractivity contribution in [3.8, 4) is 0 Å². The maximum Gasteiger partial charge on any atom is 0.163 e. The summed E-state index contributed by atoms with van der Waals surface area (Å²) < 4.78 is 0. The highest BCUT2D eigenvalue weighted by atomic mass is 32.2. The molecule has 0 aromatic heterocycles. The molecule has 1 aliphatic carbocycles. The van der Waals surface area contributed by atoms with Gasteiger partial charge in [0.05, 0.1) is 0 Å². The Morgan fingerprint density at radius 2 is 1.54 bits per heavy atom. The second-order valence-electron chi connectivity index (χ2n) is 6.73. The smallest absolute Gasteiger partial charge is 0.163 e. The summed E-state index contributed by atoms with van der Waals surface area (Å²) >= 11 is 1.98. The molecule has 3 rings (SSSR count). The number of carbonyl (C=O) groups is 1. The van der Waals surface area contributed by atoms with Crippen molar-refractivity contribution >= 4 is 17.5 Å². The third kappa shape index (κ3) is 4.98. The minimum absolute atomic E-state index is 0.298. The first kappa shape index (κ1) is 17.3. The van der Waals surface area contributed by atoms with Crippen LogP contribution in [0.2, 0.25) is 0 Å². The first-order chi connectivity index (χ1) is 11.8. The van der Waals surface area contributed by atoms with E-state index in [-0.39, 0.29) is 0 Å². The van der Waals surface area contributed by atoms with Gasteiger partial charge in [0.2, 0.25) is 0 Å². The average molecular weight is 339 g/mol. The van der Waals surface area contributed by atoms with Crippen LogP contribution in [-0.2, 0) is 5.75 Å². The molecule has 1 fully saturated rings. The Morgan fingerprint density at radius 3 is 2.21 bits per heavy atom. The number of rotatable bonds is 7. The van der Waals surface area contributed by atoms with E-state index < -0.39 is 0 Å². The van der Waals surface area contributed by atoms with Gasteiger partial charge < -0.3 is 0 Å². The first-order valence-electron chi connectivity index (χ1n) is 9.07. The lowest BCUT2D eigenvalue weighted by atomic mass is 9.84. The molecule has 1 atom stereocenters. The molecule has 1 nitrogen and oxygen atoms in total. The van der Waals surface area contributed by atoms with E-state index in [2.05, 4.69) is 30.3 Å². The van der Waals surface area contributed by atoms with Gasteiger partial charge in [0, 0.05) is 23.0 Å². The highest BCUT2D eigenvalue weighted by molar-refractivity contribution is 7.99. The predicted octanol–water partition coefficient (Wildman–Crippen LogP) is 6.14. The quantitative estimate of drug-likeness (QED) is 0.564. The highest BCUT2D eigenvalue weighted by Crippen LogP contribution is 2.36. The van der Waals surface area contributed by atoms with Crippen LogP contribution in [0.25, 0.3) is 0 Å². The van der Waals surface area contributed by atoms with Crippen molar-refractivity contribution in [3.63, 3.8) is 0 Å². The van der Waals surface area contributed by atoms with Gasteiger partial charge in [-0.25, -0.2) is 0 Å². The lowest BCUT2D eigenvalue weighted by Crippen LogP contribution is -2.23. The standard InChI is InChI=1S/C22H26OS/c23-21(19-12-6-2-7-13-19)16-22(20-14-8-3-9-15-20)24-17-18-10-4-1-5-11-18/h1-2,4-7,10-13,20,22H,3,8-9,14-17H2/t22-/m1/s1. The van der Waals surface area contributed by atoms with Crippen LogP contribution in [0, 0.1) is 5.92 Å². The van der Waals surface area contributed by atoms with Crippen LogP contribution in [0.4, 0.5) is 0 Å². The largest absolute Gasteiger partial charge is 0.294 e. The summed E-state index contributed by atoms with van der Waals surface area (Å²) in [5.74, 6) is 2.00. The molecule has 24 heavy (non-hydrogen) atoms. The van der Waals surface area contributed by atoms with Crippen LogP contribution in [0.1, 0.15) is 54.4 Å². The van der Waals surface area contributed by atoms with Gasteiger partial charge in [-0.05, 0) is 24.3 Å². The summed E-state index contributed by atoms with van der Waals surface area (Å²) in [6, 6.07) is 20.4. The normalized spacial score (nSPS) is 16.7. The van der Waals surface area contributed by atoms with Gasteiger partial charge in [-0.15, -0.1) is 0 Å². The van der Waals surface area contributed by atoms with Crippen molar-refractivity contribution in [2.24, 2.45) is 5.92 Å². The zero-order valence-corrected chi connectivity index (χ0v) is 15.0. The van der Waals surface area contributed by atoms with E-state index in [1.807, 2.05) is 42.1 Å². The minimum atomic E-state index is 0.298. The van der Waals surface area contributed by atoms with E-state index in [1.165, 1.54) is 37.7 Å². The fraction of sp³-hybridized carbons (Fsp3) is 0.409. The Hall–Kier alpha value is -1.54. The maximum absolute atomic E-state index is 12.7. The van der Waals surface area contributed by atoms with Gasteiger partial charge in [-0.1, -0.05) is 79.9 Å². The number of Topliss-reactive ketones (excluding diaryl/α,β-unsaturated/α-hetero) is 1. The molecular formula is C22H26OS. The number of carbonyl (C=O) groups excluding carboxylic acids is 1. The SMILES string of the molecule is O=C(C[C@@H](SCc1ccccc1)C1CCCCC1)c1ccccc1. The van der Waals surface area contributed by atoms with Gasteiger partial charge in [0.1, 0.15) is 0 Å². The lowest BCUT2D eigenvalue weighted by molar-refractivity contribution is 0.0973. The van der Waals surface area contributed by atoms with Crippen LogP contribution in [0.3, 0.4) is 0 Å². The van der Waals surface area contributed by atoms with E-state index in [4.69, 9.17) is 0 Å². The second kappa shape index (κ2) is 9.08. The lowest BCUT2D eigenvalue weighted by Gasteiger charge is -2.29. The molecule has 126 valence electrons. The third-order valence-corrected chi connectivity index (χ3v) is 6.44. The van der Waals surface area contributed by atoms with Crippen molar-refractivity contribution in [2.45, 2.75) is 49.5 Å². The van der Waals surface area contributed by atoms with Crippen molar-refractivity contribution in [2.75, 3.05) is 0 Å². The molecule has 0 amide bonds. The average Bonchev–Trinajstić information content (AvgIpc) is 2.67. The molecule has 0 unspecified atom stereocenters. The molecule has 0 spiro atoms. The van der Waals surface area contributed by atoms with Gasteiger partial charge in [-0.3, -0.25) is 4.79 Å². The number of benzene rings is 2. The highest BCUT2D eigenvalue weighted by Gasteiger charge is 2.26. The number of hydrogen-bond donors (Lipinski definition) is 0. The predicted molar refractivity (Wildman–Crippen MR) is 103 cm³/mol. The molecular weight excluding hydrogens is 312 g/mol. The molecule has 0 aliphatic heterocycles. The van der Waals surface area contributed by atoms with E-state index in [0.29, 0.717) is 23.4 Å². The molecule has 1 saturated carbocycles. The van der Waals surface area contributed by atoms with Crippen molar-refractivity contribution in [1.29, 1.82) is 0 Å². The van der Waals surface area contributed by atoms with E-state index >= 15 is 0 Å². The van der Waals surface area contributed by atoms with Gasteiger partial charge in [-0.2, -0.15) is 11.8 Å². The number of hydrogen-bond acceptors (Lipinski definition) is 2. The van der Waals surface area contributed by atoms with E-state index in [0.717, 1.165) is 11.3 Å². The van der Waals surface area contributed by atoms with Gasteiger partial charge in [0.15, 0.2) is 5.78 Å². The van der Waals surface area contributed by atoms with Crippen LogP contribution in [0.5, 0.6) is 0 Å². The molecule has 0 radical (unpaired) electrons. The Bertz CT molecular complexity index is 617. The molecule has 2 aromatic rings. The minimum Gasteiger partial charge on any atom is -0.294 e. The van der Waals surface area contributed by atoms with Crippen LogP contribution in [-0.4, -0.2) is 11.0 Å². The van der Waals surface area contributed by atoms with Crippen molar-refractivity contribution < 1.29 is 4.79 Å². The van der Waals surface area contributed by atoms with Crippen LogP contribution in [0.15, 0.2) is 60.7 Å². The fourth-order valence-corrected chi connectivity index (χ4v) is 4.98.